The molecule has 2 aromatic rings. The van der Waals surface area contributed by atoms with Gasteiger partial charge in [-0.05, 0) is 37.6 Å². The number of hydrogen-bond donors (Lipinski definition) is 2. The highest BCUT2D eigenvalue weighted by Gasteiger charge is 2.35. The lowest BCUT2D eigenvalue weighted by Crippen LogP contribution is -2.45. The van der Waals surface area contributed by atoms with Crippen LogP contribution in [0.2, 0.25) is 0 Å². The molecule has 0 aliphatic heterocycles. The van der Waals surface area contributed by atoms with Crippen molar-refractivity contribution in [2.24, 2.45) is 5.84 Å². The minimum Gasteiger partial charge on any atom is -0.459 e. The normalized spacial score (nSPS) is 16.5. The molecule has 0 aliphatic carbocycles. The summed E-state index contributed by atoms with van der Waals surface area (Å²) in [4.78, 5) is 0. The molecule has 1 heterocycles. The van der Waals surface area contributed by atoms with Crippen molar-refractivity contribution in [1.82, 2.24) is 5.43 Å². The lowest BCUT2D eigenvalue weighted by molar-refractivity contribution is -0.0350. The summed E-state index contributed by atoms with van der Waals surface area (Å²) in [5.41, 5.74) is 2.86. The average molecular weight is 266 g/mol. The lowest BCUT2D eigenvalue weighted by atomic mass is 9.91. The van der Waals surface area contributed by atoms with Crippen molar-refractivity contribution in [1.29, 1.82) is 0 Å². The summed E-state index contributed by atoms with van der Waals surface area (Å²) < 4.78 is 24.5. The van der Waals surface area contributed by atoms with Gasteiger partial charge in [-0.25, -0.2) is 9.82 Å². The van der Waals surface area contributed by atoms with Crippen LogP contribution in [0.1, 0.15) is 32.1 Å². The average Bonchev–Trinajstić information content (AvgIpc) is 2.81. The Labute approximate surface area is 111 Å². The first kappa shape index (κ1) is 14.0. The number of fused-ring (bicyclic) bond motifs is 1. The van der Waals surface area contributed by atoms with Gasteiger partial charge in [0.25, 0.3) is 0 Å². The summed E-state index contributed by atoms with van der Waals surface area (Å²) in [6.45, 7) is 3.96. The van der Waals surface area contributed by atoms with Crippen LogP contribution in [-0.4, -0.2) is 12.7 Å². The van der Waals surface area contributed by atoms with Gasteiger partial charge >= 0.3 is 0 Å². The number of rotatable bonds is 5. The van der Waals surface area contributed by atoms with Crippen LogP contribution in [0.4, 0.5) is 4.39 Å². The maximum atomic E-state index is 13.2. The Balaban J connectivity index is 2.46. The lowest BCUT2D eigenvalue weighted by Gasteiger charge is -2.33. The molecular formula is C14H19FN2O2. The Kier molecular flexibility index (Phi) is 3.89. The van der Waals surface area contributed by atoms with Gasteiger partial charge in [0.1, 0.15) is 23.2 Å². The topological polar surface area (TPSA) is 60.4 Å². The highest BCUT2D eigenvalue weighted by atomic mass is 19.1. The number of methoxy groups -OCH3 is 1. The summed E-state index contributed by atoms with van der Waals surface area (Å²) in [5, 5.41) is 0.713. The predicted molar refractivity (Wildman–Crippen MR) is 71.9 cm³/mol. The van der Waals surface area contributed by atoms with Crippen molar-refractivity contribution in [2.45, 2.75) is 31.9 Å². The first-order valence-corrected chi connectivity index (χ1v) is 6.24. The zero-order chi connectivity index (χ0) is 14.0. The fourth-order valence-electron chi connectivity index (χ4n) is 2.20. The predicted octanol–water partition coefficient (Wildman–Crippen LogP) is 2.89. The maximum absolute atomic E-state index is 13.2. The Bertz CT molecular complexity index is 564. The second-order valence-electron chi connectivity index (χ2n) is 4.80. The number of hydrogen-bond acceptors (Lipinski definition) is 4. The molecular weight excluding hydrogens is 247 g/mol. The molecule has 0 aliphatic rings. The Morgan fingerprint density at radius 1 is 1.47 bits per heavy atom. The molecule has 5 heteroatoms. The molecule has 104 valence electrons. The molecule has 2 unspecified atom stereocenters. The van der Waals surface area contributed by atoms with Crippen molar-refractivity contribution in [3.8, 4) is 0 Å². The van der Waals surface area contributed by atoms with E-state index in [1.54, 1.807) is 19.2 Å². The fraction of sp³-hybridized carbons (Fsp3) is 0.429. The molecule has 0 saturated carbocycles. The van der Waals surface area contributed by atoms with Crippen LogP contribution in [0.3, 0.4) is 0 Å². The molecule has 4 nitrogen and oxygen atoms in total. The minimum atomic E-state index is -0.499. The van der Waals surface area contributed by atoms with Crippen molar-refractivity contribution in [2.75, 3.05) is 7.11 Å². The molecule has 2 atom stereocenters. The highest BCUT2D eigenvalue weighted by molar-refractivity contribution is 5.78. The number of ether oxygens (including phenoxy) is 1. The summed E-state index contributed by atoms with van der Waals surface area (Å²) in [5.74, 6) is 5.97. The number of furan rings is 1. The second kappa shape index (κ2) is 5.28. The first-order chi connectivity index (χ1) is 9.04. The van der Waals surface area contributed by atoms with Gasteiger partial charge in [0, 0.05) is 12.5 Å². The van der Waals surface area contributed by atoms with E-state index in [1.807, 2.05) is 13.8 Å². The van der Waals surface area contributed by atoms with Crippen LogP contribution in [0.5, 0.6) is 0 Å². The van der Waals surface area contributed by atoms with Gasteiger partial charge in [-0.15, -0.1) is 0 Å². The van der Waals surface area contributed by atoms with E-state index in [9.17, 15) is 4.39 Å². The smallest absolute Gasteiger partial charge is 0.134 e. The van der Waals surface area contributed by atoms with Gasteiger partial charge in [0.2, 0.25) is 0 Å². The molecule has 2 rings (SSSR count). The molecule has 1 aromatic heterocycles. The van der Waals surface area contributed by atoms with E-state index in [0.29, 0.717) is 16.7 Å². The summed E-state index contributed by atoms with van der Waals surface area (Å²) in [6.07, 6.45) is 0.754. The number of hydrazine groups is 1. The van der Waals surface area contributed by atoms with E-state index in [2.05, 4.69) is 5.43 Å². The minimum absolute atomic E-state index is 0.290. The van der Waals surface area contributed by atoms with Gasteiger partial charge in [-0.2, -0.15) is 0 Å². The summed E-state index contributed by atoms with van der Waals surface area (Å²) in [7, 11) is 1.64. The molecule has 19 heavy (non-hydrogen) atoms. The zero-order valence-electron chi connectivity index (χ0n) is 11.4. The molecule has 0 saturated heterocycles. The summed E-state index contributed by atoms with van der Waals surface area (Å²) in [6, 6.07) is 5.90. The van der Waals surface area contributed by atoms with Gasteiger partial charge < -0.3 is 9.15 Å². The highest BCUT2D eigenvalue weighted by Crippen LogP contribution is 2.34. The fourth-order valence-corrected chi connectivity index (χ4v) is 2.20. The maximum Gasteiger partial charge on any atom is 0.134 e. The van der Waals surface area contributed by atoms with E-state index in [4.69, 9.17) is 15.0 Å². The van der Waals surface area contributed by atoms with Gasteiger partial charge in [0.15, 0.2) is 0 Å². The van der Waals surface area contributed by atoms with Crippen molar-refractivity contribution in [3.05, 3.63) is 35.8 Å². The van der Waals surface area contributed by atoms with Crippen molar-refractivity contribution in [3.63, 3.8) is 0 Å². The molecule has 0 fully saturated rings. The van der Waals surface area contributed by atoms with Gasteiger partial charge in [-0.1, -0.05) is 6.92 Å². The Hall–Kier alpha value is -1.43. The van der Waals surface area contributed by atoms with Crippen LogP contribution in [0.25, 0.3) is 11.0 Å². The Morgan fingerprint density at radius 3 is 2.79 bits per heavy atom. The first-order valence-electron chi connectivity index (χ1n) is 6.24. The quantitative estimate of drug-likeness (QED) is 0.645. The number of nitrogens with two attached hydrogens (primary N) is 1. The van der Waals surface area contributed by atoms with Gasteiger partial charge in [-0.3, -0.25) is 5.84 Å². The molecule has 3 N–H and O–H groups in total. The van der Waals surface area contributed by atoms with E-state index < -0.39 is 5.60 Å². The third kappa shape index (κ3) is 2.49. The van der Waals surface area contributed by atoms with Crippen LogP contribution >= 0.6 is 0 Å². The van der Waals surface area contributed by atoms with Crippen LogP contribution in [0.15, 0.2) is 28.7 Å². The largest absolute Gasteiger partial charge is 0.459 e. The standard InChI is InChI=1S/C14H19FN2O2/c1-4-14(2,18-3)13(17-16)12-8-9-7-10(15)5-6-11(9)19-12/h5-8,13,17H,4,16H2,1-3H3. The van der Waals surface area contributed by atoms with E-state index in [-0.39, 0.29) is 11.9 Å². The van der Waals surface area contributed by atoms with Gasteiger partial charge in [0.05, 0.1) is 5.60 Å². The summed E-state index contributed by atoms with van der Waals surface area (Å²) >= 11 is 0. The molecule has 0 radical (unpaired) electrons. The molecule has 0 spiro atoms. The second-order valence-corrected chi connectivity index (χ2v) is 4.80. The Morgan fingerprint density at radius 2 is 2.21 bits per heavy atom. The molecule has 0 amide bonds. The SMILES string of the molecule is CCC(C)(OC)C(NN)c1cc2cc(F)ccc2o1. The van der Waals surface area contributed by atoms with Crippen LogP contribution in [0, 0.1) is 5.82 Å². The van der Waals surface area contributed by atoms with Crippen molar-refractivity contribution >= 4 is 11.0 Å². The molecule has 0 bridgehead atoms. The van der Waals surface area contributed by atoms with Crippen molar-refractivity contribution < 1.29 is 13.5 Å². The molecule has 1 aromatic carbocycles. The van der Waals surface area contributed by atoms with E-state index in [0.717, 1.165) is 6.42 Å². The zero-order valence-corrected chi connectivity index (χ0v) is 11.4. The van der Waals surface area contributed by atoms with E-state index >= 15 is 0 Å². The number of benzene rings is 1. The monoisotopic (exact) mass is 266 g/mol. The van der Waals surface area contributed by atoms with Crippen LogP contribution in [-0.2, 0) is 4.74 Å². The third-order valence-electron chi connectivity index (χ3n) is 3.73. The number of nitrogens with one attached hydrogen (secondary N) is 1. The number of halogens is 1. The van der Waals surface area contributed by atoms with Crippen LogP contribution < -0.4 is 11.3 Å². The third-order valence-corrected chi connectivity index (χ3v) is 3.73. The van der Waals surface area contributed by atoms with E-state index in [1.165, 1.54) is 12.1 Å².